The van der Waals surface area contributed by atoms with Gasteiger partial charge in [-0.2, -0.15) is 5.26 Å². The normalized spacial score (nSPS) is 11.2. The number of hydrogen-bond donors (Lipinski definition) is 2. The highest BCUT2D eigenvalue weighted by Crippen LogP contribution is 2.35. The smallest absolute Gasteiger partial charge is 0.266 e. The predicted octanol–water partition coefficient (Wildman–Crippen LogP) is 4.20. The van der Waals surface area contributed by atoms with E-state index in [4.69, 9.17) is 28.5 Å². The minimum absolute atomic E-state index is 0.0931. The highest BCUT2D eigenvalue weighted by atomic mass is 35.5. The molecule has 148 valence electrons. The summed E-state index contributed by atoms with van der Waals surface area (Å²) in [5, 5.41) is 13.2. The van der Waals surface area contributed by atoms with Gasteiger partial charge >= 0.3 is 0 Å². The Morgan fingerprint density at radius 2 is 1.86 bits per heavy atom. The number of carbonyl (C=O) groups is 1. The molecule has 0 aliphatic rings. The lowest BCUT2D eigenvalue weighted by Gasteiger charge is -2.27. The van der Waals surface area contributed by atoms with Crippen LogP contribution >= 0.6 is 23.2 Å². The molecule has 7 heteroatoms. The fraction of sp³-hybridized carbons (Fsp3) is 0.381. The minimum atomic E-state index is -0.442. The van der Waals surface area contributed by atoms with Crippen LogP contribution < -0.4 is 10.9 Å². The first-order chi connectivity index (χ1) is 13.1. The third-order valence-corrected chi connectivity index (χ3v) is 5.52. The van der Waals surface area contributed by atoms with Crippen molar-refractivity contribution in [3.05, 3.63) is 66.5 Å². The molecule has 0 aliphatic heterocycles. The fourth-order valence-corrected chi connectivity index (χ4v) is 4.21. The molecular formula is C21H23Cl2N3O2. The van der Waals surface area contributed by atoms with E-state index in [2.05, 4.69) is 10.3 Å². The van der Waals surface area contributed by atoms with E-state index in [0.29, 0.717) is 34.3 Å². The summed E-state index contributed by atoms with van der Waals surface area (Å²) in [6.07, 6.45) is 0.674. The van der Waals surface area contributed by atoms with Gasteiger partial charge in [0.2, 0.25) is 5.91 Å². The molecule has 1 aromatic heterocycles. The molecule has 0 fully saturated rings. The number of aryl methyl sites for hydroxylation is 1. The van der Waals surface area contributed by atoms with Gasteiger partial charge < -0.3 is 10.3 Å². The van der Waals surface area contributed by atoms with Crippen LogP contribution in [0.3, 0.4) is 0 Å². The van der Waals surface area contributed by atoms with Gasteiger partial charge in [-0.05, 0) is 49.1 Å². The number of aromatic amines is 1. The molecule has 1 aromatic carbocycles. The Bertz CT molecular complexity index is 984. The molecule has 0 aliphatic carbocycles. The van der Waals surface area contributed by atoms with Gasteiger partial charge in [0.05, 0.1) is 0 Å². The van der Waals surface area contributed by atoms with Gasteiger partial charge in [0.1, 0.15) is 11.6 Å². The molecule has 0 unspecified atom stereocenters. The van der Waals surface area contributed by atoms with Crippen molar-refractivity contribution in [2.45, 2.75) is 46.0 Å². The molecule has 2 N–H and O–H groups in total. The summed E-state index contributed by atoms with van der Waals surface area (Å²) < 4.78 is 0. The lowest BCUT2D eigenvalue weighted by atomic mass is 9.84. The minimum Gasteiger partial charge on any atom is -0.355 e. The number of benzene rings is 1. The van der Waals surface area contributed by atoms with Crippen molar-refractivity contribution in [1.29, 1.82) is 5.26 Å². The second-order valence-electron chi connectivity index (χ2n) is 7.43. The largest absolute Gasteiger partial charge is 0.355 e. The number of nitrogens with zero attached hydrogens (tertiary/aromatic N) is 1. The van der Waals surface area contributed by atoms with Gasteiger partial charge in [-0.15, -0.1) is 0 Å². The van der Waals surface area contributed by atoms with E-state index in [1.807, 2.05) is 19.9 Å². The van der Waals surface area contributed by atoms with Crippen LogP contribution in [0.25, 0.3) is 0 Å². The zero-order chi connectivity index (χ0) is 21.1. The summed E-state index contributed by atoms with van der Waals surface area (Å²) in [7, 11) is 0. The molecule has 0 radical (unpaired) electrons. The van der Waals surface area contributed by atoms with E-state index in [9.17, 15) is 9.59 Å². The van der Waals surface area contributed by atoms with Crippen LogP contribution in [-0.2, 0) is 16.6 Å². The standard InChI is InChI=1S/C21H23Cl2N3O2/c1-12-14(13(2)26-20(28)15(12)10-24)8-9-18(27)25-11-21(3,4)19-16(22)6-5-7-17(19)23/h5-7H,8-9,11H2,1-4H3,(H,25,27)(H,26,28). The van der Waals surface area contributed by atoms with Gasteiger partial charge in [-0.3, -0.25) is 9.59 Å². The molecule has 2 aromatic rings. The molecule has 5 nitrogen and oxygen atoms in total. The van der Waals surface area contributed by atoms with Crippen LogP contribution in [0.2, 0.25) is 10.0 Å². The van der Waals surface area contributed by atoms with E-state index in [1.165, 1.54) is 0 Å². The van der Waals surface area contributed by atoms with Crippen LogP contribution in [0.4, 0.5) is 0 Å². The number of halogens is 2. The van der Waals surface area contributed by atoms with Gasteiger partial charge in [-0.25, -0.2) is 0 Å². The molecule has 0 atom stereocenters. The van der Waals surface area contributed by atoms with E-state index in [-0.39, 0.29) is 17.9 Å². The number of carbonyl (C=O) groups excluding carboxylic acids is 1. The highest BCUT2D eigenvalue weighted by molar-refractivity contribution is 6.36. The number of nitrogens with one attached hydrogen (secondary N) is 2. The molecule has 0 saturated carbocycles. The topological polar surface area (TPSA) is 85.8 Å². The molecular weight excluding hydrogens is 397 g/mol. The van der Waals surface area contributed by atoms with Crippen LogP contribution in [0, 0.1) is 25.2 Å². The summed E-state index contributed by atoms with van der Waals surface area (Å²) in [5.41, 5.74) is 2.17. The number of amides is 1. The summed E-state index contributed by atoms with van der Waals surface area (Å²) in [6.45, 7) is 7.82. The van der Waals surface area contributed by atoms with Crippen LogP contribution in [0.15, 0.2) is 23.0 Å². The first-order valence-corrected chi connectivity index (χ1v) is 9.67. The Morgan fingerprint density at radius 1 is 1.25 bits per heavy atom. The zero-order valence-corrected chi connectivity index (χ0v) is 17.9. The Hall–Kier alpha value is -2.29. The van der Waals surface area contributed by atoms with Crippen LogP contribution in [0.5, 0.6) is 0 Å². The van der Waals surface area contributed by atoms with E-state index in [0.717, 1.165) is 11.1 Å². The molecule has 1 heterocycles. The summed E-state index contributed by atoms with van der Waals surface area (Å²) >= 11 is 12.6. The van der Waals surface area contributed by atoms with Crippen LogP contribution in [0.1, 0.15) is 48.2 Å². The molecule has 2 rings (SSSR count). The van der Waals surface area contributed by atoms with E-state index in [1.54, 1.807) is 32.0 Å². The average Bonchev–Trinajstić information content (AvgIpc) is 2.59. The second kappa shape index (κ2) is 8.81. The van der Waals surface area contributed by atoms with Crippen molar-refractivity contribution in [3.63, 3.8) is 0 Å². The number of aromatic nitrogens is 1. The SMILES string of the molecule is Cc1[nH]c(=O)c(C#N)c(C)c1CCC(=O)NCC(C)(C)c1c(Cl)cccc1Cl. The lowest BCUT2D eigenvalue weighted by Crippen LogP contribution is -2.37. The maximum Gasteiger partial charge on any atom is 0.266 e. The fourth-order valence-electron chi connectivity index (χ4n) is 3.30. The number of hydrogen-bond acceptors (Lipinski definition) is 3. The van der Waals surface area contributed by atoms with E-state index < -0.39 is 11.0 Å². The zero-order valence-electron chi connectivity index (χ0n) is 16.4. The molecule has 0 saturated heterocycles. The third-order valence-electron chi connectivity index (χ3n) is 4.89. The highest BCUT2D eigenvalue weighted by Gasteiger charge is 2.26. The first kappa shape index (κ1) is 22.0. The maximum absolute atomic E-state index is 12.4. The Morgan fingerprint density at radius 3 is 2.43 bits per heavy atom. The maximum atomic E-state index is 12.4. The number of nitriles is 1. The van der Waals surface area contributed by atoms with Gasteiger partial charge in [0, 0.05) is 34.1 Å². The number of H-pyrrole nitrogens is 1. The average molecular weight is 420 g/mol. The molecule has 1 amide bonds. The third kappa shape index (κ3) is 4.76. The summed E-state index contributed by atoms with van der Waals surface area (Å²) in [4.78, 5) is 26.9. The lowest BCUT2D eigenvalue weighted by molar-refractivity contribution is -0.121. The second-order valence-corrected chi connectivity index (χ2v) is 8.24. The Kier molecular flexibility index (Phi) is 6.92. The summed E-state index contributed by atoms with van der Waals surface area (Å²) in [6, 6.07) is 7.27. The van der Waals surface area contributed by atoms with Gasteiger partial charge in [-0.1, -0.05) is 43.1 Å². The van der Waals surface area contributed by atoms with Crippen molar-refractivity contribution in [2.75, 3.05) is 6.54 Å². The van der Waals surface area contributed by atoms with Gasteiger partial charge in [0.25, 0.3) is 5.56 Å². The number of pyridine rings is 1. The Labute approximate surface area is 174 Å². The van der Waals surface area contributed by atoms with E-state index >= 15 is 0 Å². The van der Waals surface area contributed by atoms with Crippen molar-refractivity contribution in [3.8, 4) is 6.07 Å². The van der Waals surface area contributed by atoms with Crippen molar-refractivity contribution < 1.29 is 4.79 Å². The number of rotatable bonds is 6. The molecule has 0 bridgehead atoms. The Balaban J connectivity index is 2.06. The summed E-state index contributed by atoms with van der Waals surface area (Å²) in [5.74, 6) is -0.125. The quantitative estimate of drug-likeness (QED) is 0.735. The monoisotopic (exact) mass is 419 g/mol. The van der Waals surface area contributed by atoms with Crippen molar-refractivity contribution >= 4 is 29.1 Å². The molecule has 0 spiro atoms. The predicted molar refractivity (Wildman–Crippen MR) is 112 cm³/mol. The van der Waals surface area contributed by atoms with Crippen LogP contribution in [-0.4, -0.2) is 17.4 Å². The van der Waals surface area contributed by atoms with Crippen molar-refractivity contribution in [1.82, 2.24) is 10.3 Å². The van der Waals surface area contributed by atoms with Gasteiger partial charge in [0.15, 0.2) is 0 Å². The first-order valence-electron chi connectivity index (χ1n) is 8.92. The molecule has 28 heavy (non-hydrogen) atoms. The van der Waals surface area contributed by atoms with Crippen molar-refractivity contribution in [2.24, 2.45) is 0 Å².